The van der Waals surface area contributed by atoms with Crippen LogP contribution in [-0.2, 0) is 25.7 Å². The maximum Gasteiger partial charge on any atom is 0.338 e. The van der Waals surface area contributed by atoms with E-state index in [1.807, 2.05) is 0 Å². The van der Waals surface area contributed by atoms with E-state index < -0.39 is 11.8 Å². The van der Waals surface area contributed by atoms with E-state index in [-0.39, 0.29) is 36.4 Å². The predicted molar refractivity (Wildman–Crippen MR) is 123 cm³/mol. The molecule has 3 rings (SSSR count). The Morgan fingerprint density at radius 3 is 2.71 bits per heavy atom. The summed E-state index contributed by atoms with van der Waals surface area (Å²) in [6.45, 7) is 1.45. The molecule has 0 aliphatic carbocycles. The fourth-order valence-electron chi connectivity index (χ4n) is 3.16. The molecule has 11 heteroatoms. The van der Waals surface area contributed by atoms with Crippen molar-refractivity contribution in [3.05, 3.63) is 70.6 Å². The van der Waals surface area contributed by atoms with Gasteiger partial charge in [-0.05, 0) is 23.8 Å². The molecule has 34 heavy (non-hydrogen) atoms. The summed E-state index contributed by atoms with van der Waals surface area (Å²) in [4.78, 5) is 45.4. The van der Waals surface area contributed by atoms with Crippen molar-refractivity contribution in [1.29, 1.82) is 0 Å². The lowest BCUT2D eigenvalue weighted by atomic mass is 10.1. The zero-order valence-corrected chi connectivity index (χ0v) is 19.2. The van der Waals surface area contributed by atoms with Crippen molar-refractivity contribution >= 4 is 46.5 Å². The number of rotatable bonds is 10. The number of nitrogens with zero attached hydrogens (tertiary/aromatic N) is 3. The monoisotopic (exact) mass is 488 g/mol. The maximum atomic E-state index is 13.6. The summed E-state index contributed by atoms with van der Waals surface area (Å²) < 4.78 is 18.4. The van der Waals surface area contributed by atoms with Crippen LogP contribution in [0.25, 0.3) is 10.8 Å². The number of fused-ring (bicyclic) bond motifs is 1. The molecule has 1 aromatic heterocycles. The van der Waals surface area contributed by atoms with Gasteiger partial charge in [-0.25, -0.2) is 19.6 Å². The van der Waals surface area contributed by atoms with Crippen LogP contribution in [0.2, 0.25) is 5.02 Å². The topological polar surface area (TPSA) is 101 Å². The van der Waals surface area contributed by atoms with E-state index in [1.165, 1.54) is 43.4 Å². The molecule has 0 radical (unpaired) electrons. The van der Waals surface area contributed by atoms with Gasteiger partial charge in [0.2, 0.25) is 12.3 Å². The van der Waals surface area contributed by atoms with E-state index in [0.717, 1.165) is 5.06 Å². The third-order valence-electron chi connectivity index (χ3n) is 4.89. The number of hydrogen-bond donors (Lipinski definition) is 1. The number of hydrazine groups is 1. The third-order valence-corrected chi connectivity index (χ3v) is 5.32. The number of nitrogens with one attached hydrogen (secondary N) is 1. The van der Waals surface area contributed by atoms with Crippen LogP contribution in [-0.4, -0.2) is 48.5 Å². The predicted octanol–water partition coefficient (Wildman–Crippen LogP) is 3.26. The van der Waals surface area contributed by atoms with Gasteiger partial charge in [-0.2, -0.15) is 5.06 Å². The van der Waals surface area contributed by atoms with E-state index in [0.29, 0.717) is 28.3 Å². The normalized spacial score (nSPS) is 10.7. The second kappa shape index (κ2) is 11.5. The van der Waals surface area contributed by atoms with Gasteiger partial charge >= 0.3 is 5.97 Å². The minimum absolute atomic E-state index is 0.0319. The molecule has 0 bridgehead atoms. The molecule has 2 aromatic carbocycles. The van der Waals surface area contributed by atoms with Gasteiger partial charge in [0, 0.05) is 30.4 Å². The van der Waals surface area contributed by atoms with Gasteiger partial charge in [0.25, 0.3) is 0 Å². The molecule has 0 atom stereocenters. The van der Waals surface area contributed by atoms with E-state index >= 15 is 0 Å². The molecule has 0 saturated heterocycles. The first kappa shape index (κ1) is 25.0. The van der Waals surface area contributed by atoms with Crippen LogP contribution in [0.4, 0.5) is 10.2 Å². The number of ether oxygens (including phenoxy) is 1. The number of carbonyl (C=O) groups excluding carboxylic acids is 3. The van der Waals surface area contributed by atoms with Crippen LogP contribution in [0.3, 0.4) is 0 Å². The fraction of sp³-hybridized carbons (Fsp3) is 0.217. The van der Waals surface area contributed by atoms with Gasteiger partial charge in [-0.3, -0.25) is 19.4 Å². The number of methoxy groups -OCH3 is 1. The molecule has 9 nitrogen and oxygen atoms in total. The molecule has 2 amide bonds. The summed E-state index contributed by atoms with van der Waals surface area (Å²) in [5, 5.41) is 3.34. The van der Waals surface area contributed by atoms with Crippen LogP contribution in [0.1, 0.15) is 22.8 Å². The number of carbonyl (C=O) groups is 3. The Balaban J connectivity index is 1.67. The smallest absolute Gasteiger partial charge is 0.338 e. The molecule has 0 unspecified atom stereocenters. The summed E-state index contributed by atoms with van der Waals surface area (Å²) in [7, 11) is 1.28. The number of hydroxylamine groups is 1. The Labute approximate surface area is 199 Å². The molecule has 1 N–H and O–H groups in total. The molecule has 0 spiro atoms. The quantitative estimate of drug-likeness (QED) is 0.265. The number of amides is 2. The summed E-state index contributed by atoms with van der Waals surface area (Å²) in [6, 6.07) is 11.0. The Kier molecular flexibility index (Phi) is 8.47. The lowest BCUT2D eigenvalue weighted by molar-refractivity contribution is -0.133. The zero-order valence-electron chi connectivity index (χ0n) is 18.5. The van der Waals surface area contributed by atoms with Crippen molar-refractivity contribution < 1.29 is 28.3 Å². The maximum absolute atomic E-state index is 13.6. The Morgan fingerprint density at radius 1 is 1.24 bits per heavy atom. The Morgan fingerprint density at radius 2 is 2.00 bits per heavy atom. The van der Waals surface area contributed by atoms with Crippen molar-refractivity contribution in [2.24, 2.45) is 0 Å². The molecule has 3 aromatic rings. The molecule has 178 valence electrons. The number of pyridine rings is 1. The second-order valence-electron chi connectivity index (χ2n) is 7.04. The molecular formula is C23H22ClFN4O5. The minimum atomic E-state index is -0.557. The Bertz CT molecular complexity index is 1210. The first-order valence-corrected chi connectivity index (χ1v) is 10.5. The van der Waals surface area contributed by atoms with Crippen LogP contribution < -0.4 is 10.5 Å². The van der Waals surface area contributed by atoms with E-state index in [9.17, 15) is 18.8 Å². The molecule has 0 fully saturated rings. The number of anilines is 1. The first-order chi connectivity index (χ1) is 16.3. The highest BCUT2D eigenvalue weighted by atomic mass is 35.5. The summed E-state index contributed by atoms with van der Waals surface area (Å²) >= 11 is 5.95. The van der Waals surface area contributed by atoms with Crippen LogP contribution in [0.5, 0.6) is 0 Å². The van der Waals surface area contributed by atoms with Gasteiger partial charge < -0.3 is 4.74 Å². The van der Waals surface area contributed by atoms with Crippen molar-refractivity contribution in [2.75, 3.05) is 25.3 Å². The van der Waals surface area contributed by atoms with Gasteiger partial charge in [0.15, 0.2) is 5.82 Å². The minimum Gasteiger partial charge on any atom is -0.465 e. The lowest BCUT2D eigenvalue weighted by Crippen LogP contribution is -2.44. The molecule has 0 aliphatic rings. The second-order valence-corrected chi connectivity index (χ2v) is 7.42. The van der Waals surface area contributed by atoms with Gasteiger partial charge in [0.1, 0.15) is 5.82 Å². The van der Waals surface area contributed by atoms with Crippen molar-refractivity contribution in [3.63, 3.8) is 0 Å². The van der Waals surface area contributed by atoms with Crippen LogP contribution in [0, 0.1) is 5.82 Å². The van der Waals surface area contributed by atoms with E-state index in [1.54, 1.807) is 24.3 Å². The highest BCUT2D eigenvalue weighted by Gasteiger charge is 2.16. The summed E-state index contributed by atoms with van der Waals surface area (Å²) in [5.74, 6) is -1.26. The SMILES string of the molecule is COC(=O)c1cccc2cnc(N(C=O)OCCN(NCc3cccc(F)c3Cl)C(C)=O)cc12. The van der Waals surface area contributed by atoms with Crippen molar-refractivity contribution in [3.8, 4) is 0 Å². The molecule has 0 aliphatic heterocycles. The molecular weight excluding hydrogens is 467 g/mol. The number of hydrogen-bond acceptors (Lipinski definition) is 7. The number of esters is 1. The average Bonchev–Trinajstić information content (AvgIpc) is 2.84. The average molecular weight is 489 g/mol. The third kappa shape index (κ3) is 5.84. The van der Waals surface area contributed by atoms with Gasteiger partial charge in [-0.15, -0.1) is 0 Å². The number of benzene rings is 2. The number of halogens is 2. The van der Waals surface area contributed by atoms with Crippen molar-refractivity contribution in [2.45, 2.75) is 13.5 Å². The molecule has 1 heterocycles. The lowest BCUT2D eigenvalue weighted by Gasteiger charge is -2.24. The molecule has 0 saturated carbocycles. The van der Waals surface area contributed by atoms with Crippen molar-refractivity contribution in [1.82, 2.24) is 15.4 Å². The first-order valence-electron chi connectivity index (χ1n) is 10.1. The number of aromatic nitrogens is 1. The van der Waals surface area contributed by atoms with E-state index in [4.69, 9.17) is 21.2 Å². The van der Waals surface area contributed by atoms with Crippen LogP contribution in [0.15, 0.2) is 48.7 Å². The summed E-state index contributed by atoms with van der Waals surface area (Å²) in [5.41, 5.74) is 3.66. The van der Waals surface area contributed by atoms with E-state index in [2.05, 4.69) is 10.4 Å². The summed E-state index contributed by atoms with van der Waals surface area (Å²) in [6.07, 6.45) is 1.93. The van der Waals surface area contributed by atoms with Gasteiger partial charge in [-0.1, -0.05) is 35.9 Å². The van der Waals surface area contributed by atoms with Gasteiger partial charge in [0.05, 0.1) is 30.8 Å². The highest BCUT2D eigenvalue weighted by molar-refractivity contribution is 6.31. The zero-order chi connectivity index (χ0) is 24.7. The van der Waals surface area contributed by atoms with Crippen LogP contribution >= 0.6 is 11.6 Å². The highest BCUT2D eigenvalue weighted by Crippen LogP contribution is 2.23. The largest absolute Gasteiger partial charge is 0.465 e. The Hall–Kier alpha value is -3.60. The standard InChI is InChI=1S/C23H22ClFN4O5/c1-15(31)28(27-13-17-6-4-8-20(25)22(17)24)9-10-34-29(14-30)21-11-19-16(12-26-21)5-3-7-18(19)23(32)33-2/h3-8,11-12,14,27H,9-10,13H2,1-2H3. The fourth-order valence-corrected chi connectivity index (χ4v) is 3.35.